The molecule has 1 aliphatic heterocycles. The van der Waals surface area contributed by atoms with Crippen LogP contribution in [0.4, 0.5) is 11.4 Å². The summed E-state index contributed by atoms with van der Waals surface area (Å²) in [5.41, 5.74) is 2.22. The van der Waals surface area contributed by atoms with Crippen molar-refractivity contribution in [2.75, 3.05) is 23.7 Å². The van der Waals surface area contributed by atoms with E-state index in [0.717, 1.165) is 24.9 Å². The number of hydrogen-bond acceptors (Lipinski definition) is 3. The van der Waals surface area contributed by atoms with Gasteiger partial charge >= 0.3 is 0 Å². The number of halogens is 2. The summed E-state index contributed by atoms with van der Waals surface area (Å²) in [6.07, 6.45) is 1.77. The third-order valence-electron chi connectivity index (χ3n) is 4.77. The summed E-state index contributed by atoms with van der Waals surface area (Å²) >= 11 is 12.6. The summed E-state index contributed by atoms with van der Waals surface area (Å²) in [5.74, 6) is -0.279. The highest BCUT2D eigenvalue weighted by Gasteiger charge is 2.26. The molecule has 3 rings (SSSR count). The lowest BCUT2D eigenvalue weighted by atomic mass is 9.96. The van der Waals surface area contributed by atoms with Crippen LogP contribution in [0.3, 0.4) is 0 Å². The molecule has 7 heteroatoms. The zero-order chi connectivity index (χ0) is 20.1. The number of carbonyl (C=O) groups excluding carboxylic acids is 2. The van der Waals surface area contributed by atoms with Gasteiger partial charge in [0.15, 0.2) is 0 Å². The topological polar surface area (TPSA) is 61.4 Å². The van der Waals surface area contributed by atoms with Crippen molar-refractivity contribution in [3.63, 3.8) is 0 Å². The maximum absolute atomic E-state index is 12.8. The van der Waals surface area contributed by atoms with Crippen molar-refractivity contribution >= 4 is 46.4 Å². The summed E-state index contributed by atoms with van der Waals surface area (Å²) in [6, 6.07) is 12.6. The van der Waals surface area contributed by atoms with E-state index in [0.29, 0.717) is 34.5 Å². The molecule has 1 fully saturated rings. The molecule has 1 heterocycles. The Labute approximate surface area is 175 Å². The van der Waals surface area contributed by atoms with E-state index in [1.165, 1.54) is 6.92 Å². The number of nitrogens with one attached hydrogen (secondary N) is 2. The van der Waals surface area contributed by atoms with Crippen LogP contribution in [-0.4, -0.2) is 29.8 Å². The van der Waals surface area contributed by atoms with Gasteiger partial charge in [-0.15, -0.1) is 0 Å². The minimum atomic E-state index is -0.148. The van der Waals surface area contributed by atoms with Gasteiger partial charge in [0.05, 0.1) is 5.92 Å². The number of anilines is 2. The molecule has 148 valence electrons. The van der Waals surface area contributed by atoms with Gasteiger partial charge in [-0.2, -0.15) is 0 Å². The molecule has 0 unspecified atom stereocenters. The van der Waals surface area contributed by atoms with Crippen molar-refractivity contribution in [2.24, 2.45) is 5.92 Å². The molecule has 0 aliphatic carbocycles. The molecular weight excluding hydrogens is 397 g/mol. The fourth-order valence-electron chi connectivity index (χ4n) is 3.44. The Kier molecular flexibility index (Phi) is 6.94. The minimum absolute atomic E-state index is 0.0186. The van der Waals surface area contributed by atoms with Gasteiger partial charge in [-0.25, -0.2) is 0 Å². The van der Waals surface area contributed by atoms with Crippen LogP contribution in [0.1, 0.15) is 25.3 Å². The number of piperidine rings is 1. The molecule has 2 aromatic rings. The number of amides is 2. The fourth-order valence-corrected chi connectivity index (χ4v) is 3.96. The van der Waals surface area contributed by atoms with E-state index in [2.05, 4.69) is 15.5 Å². The zero-order valence-electron chi connectivity index (χ0n) is 15.7. The second kappa shape index (κ2) is 9.41. The second-order valence-electron chi connectivity index (χ2n) is 7.03. The Morgan fingerprint density at radius 2 is 1.71 bits per heavy atom. The Hall–Kier alpha value is -2.08. The summed E-state index contributed by atoms with van der Waals surface area (Å²) in [6.45, 7) is 3.63. The third-order valence-corrected chi connectivity index (χ3v) is 5.48. The number of likely N-dealkylation sites (tertiary alicyclic amines) is 1. The van der Waals surface area contributed by atoms with E-state index in [1.807, 2.05) is 24.3 Å². The first-order valence-electron chi connectivity index (χ1n) is 9.26. The molecule has 2 amide bonds. The molecule has 2 N–H and O–H groups in total. The maximum Gasteiger partial charge on any atom is 0.228 e. The number of hydrogen-bond donors (Lipinski definition) is 2. The Morgan fingerprint density at radius 1 is 1.07 bits per heavy atom. The lowest BCUT2D eigenvalue weighted by Gasteiger charge is -2.32. The monoisotopic (exact) mass is 419 g/mol. The molecule has 0 bridgehead atoms. The first kappa shape index (κ1) is 20.6. The molecule has 0 saturated carbocycles. The zero-order valence-corrected chi connectivity index (χ0v) is 17.2. The first-order valence-corrected chi connectivity index (χ1v) is 10.0. The van der Waals surface area contributed by atoms with Crippen molar-refractivity contribution in [2.45, 2.75) is 26.3 Å². The molecule has 1 aliphatic rings. The van der Waals surface area contributed by atoms with Crippen LogP contribution >= 0.6 is 23.2 Å². The van der Waals surface area contributed by atoms with Gasteiger partial charge in [-0.1, -0.05) is 35.3 Å². The molecule has 1 saturated heterocycles. The standard InChI is InChI=1S/C21H23Cl2N3O2/c1-14(27)24-16-6-2-7-17(11-16)25-21(28)15-5-4-10-26(12-15)13-18-19(22)8-3-9-20(18)23/h2-3,6-9,11,15H,4-5,10,12-13H2,1H3,(H,24,27)(H,25,28)/t15-/m0/s1. The van der Waals surface area contributed by atoms with Crippen molar-refractivity contribution in [3.8, 4) is 0 Å². The molecular formula is C21H23Cl2N3O2. The highest BCUT2D eigenvalue weighted by atomic mass is 35.5. The quantitative estimate of drug-likeness (QED) is 0.731. The largest absolute Gasteiger partial charge is 0.326 e. The average molecular weight is 420 g/mol. The van der Waals surface area contributed by atoms with Crippen molar-refractivity contribution < 1.29 is 9.59 Å². The first-order chi connectivity index (χ1) is 13.4. The molecule has 0 radical (unpaired) electrons. The van der Waals surface area contributed by atoms with Crippen LogP contribution in [0.15, 0.2) is 42.5 Å². The molecule has 0 aromatic heterocycles. The summed E-state index contributed by atoms with van der Waals surface area (Å²) < 4.78 is 0. The van der Waals surface area contributed by atoms with Gasteiger partial charge in [0.25, 0.3) is 0 Å². The molecule has 28 heavy (non-hydrogen) atoms. The summed E-state index contributed by atoms with van der Waals surface area (Å²) in [4.78, 5) is 26.2. The van der Waals surface area contributed by atoms with Crippen LogP contribution in [0, 0.1) is 5.92 Å². The van der Waals surface area contributed by atoms with Gasteiger partial charge in [0.2, 0.25) is 11.8 Å². The Balaban J connectivity index is 1.62. The average Bonchev–Trinajstić information content (AvgIpc) is 2.65. The highest BCUT2D eigenvalue weighted by molar-refractivity contribution is 6.35. The molecule has 0 spiro atoms. The molecule has 5 nitrogen and oxygen atoms in total. The van der Waals surface area contributed by atoms with Gasteiger partial charge in [-0.05, 0) is 49.7 Å². The minimum Gasteiger partial charge on any atom is -0.326 e. The van der Waals surface area contributed by atoms with E-state index < -0.39 is 0 Å². The van der Waals surface area contributed by atoms with Crippen molar-refractivity contribution in [1.82, 2.24) is 4.90 Å². The van der Waals surface area contributed by atoms with Crippen molar-refractivity contribution in [3.05, 3.63) is 58.1 Å². The summed E-state index contributed by atoms with van der Waals surface area (Å²) in [5, 5.41) is 6.98. The smallest absolute Gasteiger partial charge is 0.228 e. The lowest BCUT2D eigenvalue weighted by Crippen LogP contribution is -2.40. The van der Waals surface area contributed by atoms with Crippen LogP contribution in [-0.2, 0) is 16.1 Å². The van der Waals surface area contributed by atoms with E-state index in [9.17, 15) is 9.59 Å². The van der Waals surface area contributed by atoms with Gasteiger partial charge in [0.1, 0.15) is 0 Å². The molecule has 1 atom stereocenters. The second-order valence-corrected chi connectivity index (χ2v) is 7.84. The molecule has 2 aromatic carbocycles. The third kappa shape index (κ3) is 5.47. The van der Waals surface area contributed by atoms with E-state index in [4.69, 9.17) is 23.2 Å². The number of rotatable bonds is 5. The SMILES string of the molecule is CC(=O)Nc1cccc(NC(=O)[C@H]2CCCN(Cc3c(Cl)cccc3Cl)C2)c1. The predicted molar refractivity (Wildman–Crippen MR) is 114 cm³/mol. The predicted octanol–water partition coefficient (Wildman–Crippen LogP) is 4.80. The Morgan fingerprint density at radius 3 is 2.39 bits per heavy atom. The number of carbonyl (C=O) groups is 2. The lowest BCUT2D eigenvalue weighted by molar-refractivity contribution is -0.121. The van der Waals surface area contributed by atoms with E-state index in [1.54, 1.807) is 18.2 Å². The Bertz CT molecular complexity index is 852. The van der Waals surface area contributed by atoms with Crippen molar-refractivity contribution in [1.29, 1.82) is 0 Å². The van der Waals surface area contributed by atoms with E-state index >= 15 is 0 Å². The van der Waals surface area contributed by atoms with Crippen LogP contribution in [0.25, 0.3) is 0 Å². The van der Waals surface area contributed by atoms with Gasteiger partial charge < -0.3 is 10.6 Å². The number of benzene rings is 2. The normalized spacial score (nSPS) is 17.2. The van der Waals surface area contributed by atoms with Crippen LogP contribution in [0.2, 0.25) is 10.0 Å². The van der Waals surface area contributed by atoms with E-state index in [-0.39, 0.29) is 17.7 Å². The maximum atomic E-state index is 12.8. The van der Waals surface area contributed by atoms with Crippen LogP contribution in [0.5, 0.6) is 0 Å². The summed E-state index contributed by atoms with van der Waals surface area (Å²) in [7, 11) is 0. The van der Waals surface area contributed by atoms with Gasteiger partial charge in [0, 0.05) is 47.0 Å². The fraction of sp³-hybridized carbons (Fsp3) is 0.333. The van der Waals surface area contributed by atoms with Crippen LogP contribution < -0.4 is 10.6 Å². The van der Waals surface area contributed by atoms with Gasteiger partial charge in [-0.3, -0.25) is 14.5 Å². The highest BCUT2D eigenvalue weighted by Crippen LogP contribution is 2.28. The number of nitrogens with zero attached hydrogens (tertiary/aromatic N) is 1.